The van der Waals surface area contributed by atoms with Gasteiger partial charge in [0.15, 0.2) is 0 Å². The van der Waals surface area contributed by atoms with E-state index in [2.05, 4.69) is 10.2 Å². The van der Waals surface area contributed by atoms with Gasteiger partial charge < -0.3 is 20.7 Å². The fourth-order valence-electron chi connectivity index (χ4n) is 2.96. The van der Waals surface area contributed by atoms with Gasteiger partial charge >= 0.3 is 0 Å². The number of benzene rings is 1. The van der Waals surface area contributed by atoms with Gasteiger partial charge in [-0.05, 0) is 24.1 Å². The second kappa shape index (κ2) is 9.66. The van der Waals surface area contributed by atoms with E-state index in [4.69, 9.17) is 10.5 Å². The Bertz CT molecular complexity index is 660. The van der Waals surface area contributed by atoms with Crippen LogP contribution in [0.3, 0.4) is 0 Å². The van der Waals surface area contributed by atoms with E-state index in [1.54, 1.807) is 18.1 Å². The molecule has 27 heavy (non-hydrogen) atoms. The van der Waals surface area contributed by atoms with Gasteiger partial charge in [0, 0.05) is 38.3 Å². The highest BCUT2D eigenvalue weighted by Gasteiger charge is 2.23. The first-order chi connectivity index (χ1) is 12.8. The lowest BCUT2D eigenvalue weighted by atomic mass is 10.1. The van der Waals surface area contributed by atoms with Crippen LogP contribution in [0, 0.1) is 11.7 Å². The first-order valence-electron chi connectivity index (χ1n) is 9.17. The molecule has 1 aliphatic rings. The van der Waals surface area contributed by atoms with E-state index in [1.165, 1.54) is 12.1 Å². The fourth-order valence-corrected chi connectivity index (χ4v) is 2.96. The molecule has 0 aromatic heterocycles. The zero-order chi connectivity index (χ0) is 20.0. The Kier molecular flexibility index (Phi) is 7.55. The number of methoxy groups -OCH3 is 1. The molecule has 0 spiro atoms. The largest absolute Gasteiger partial charge is 0.496 e. The number of nitrogens with zero attached hydrogens (tertiary/aromatic N) is 2. The van der Waals surface area contributed by atoms with Crippen LogP contribution in [0.15, 0.2) is 18.2 Å². The summed E-state index contributed by atoms with van der Waals surface area (Å²) in [5.74, 6) is -0.0602. The zero-order valence-corrected chi connectivity index (χ0v) is 16.2. The molecule has 150 valence electrons. The van der Waals surface area contributed by atoms with E-state index in [-0.39, 0.29) is 30.1 Å². The zero-order valence-electron chi connectivity index (χ0n) is 16.2. The van der Waals surface area contributed by atoms with Gasteiger partial charge in [-0.15, -0.1) is 0 Å². The Hall–Kier alpha value is -2.19. The maximum Gasteiger partial charge on any atom is 0.242 e. The number of amides is 2. The van der Waals surface area contributed by atoms with Gasteiger partial charge in [0.2, 0.25) is 11.8 Å². The van der Waals surface area contributed by atoms with Crippen LogP contribution in [-0.4, -0.2) is 67.5 Å². The van der Waals surface area contributed by atoms with E-state index in [1.807, 2.05) is 13.8 Å². The third-order valence-electron chi connectivity index (χ3n) is 4.80. The van der Waals surface area contributed by atoms with Crippen LogP contribution in [0.25, 0.3) is 0 Å². The van der Waals surface area contributed by atoms with Crippen molar-refractivity contribution in [3.63, 3.8) is 0 Å². The van der Waals surface area contributed by atoms with Crippen molar-refractivity contribution in [3.8, 4) is 5.75 Å². The molecule has 0 radical (unpaired) electrons. The number of nitrogens with two attached hydrogens (primary N) is 1. The quantitative estimate of drug-likeness (QED) is 0.722. The van der Waals surface area contributed by atoms with Gasteiger partial charge in [0.1, 0.15) is 11.6 Å². The van der Waals surface area contributed by atoms with Crippen LogP contribution in [-0.2, 0) is 16.1 Å². The standard InChI is InChI=1S/C19H29FN4O3/c1-13(2)18(21)19(26)22-11-17(25)24-8-6-23(7-9-24)12-14-10-15(20)4-5-16(14)27-3/h4-5,10,13,18H,6-9,11-12,21H2,1-3H3,(H,22,26)/t18-/m0/s1. The van der Waals surface area contributed by atoms with Crippen molar-refractivity contribution in [1.29, 1.82) is 0 Å². The minimum absolute atomic E-state index is 0.0171. The molecule has 7 nitrogen and oxygen atoms in total. The molecule has 1 aromatic carbocycles. The number of rotatable bonds is 7. The summed E-state index contributed by atoms with van der Waals surface area (Å²) in [4.78, 5) is 28.0. The third kappa shape index (κ3) is 5.90. The molecule has 0 unspecified atom stereocenters. The Morgan fingerprint density at radius 1 is 1.26 bits per heavy atom. The lowest BCUT2D eigenvalue weighted by Crippen LogP contribution is -2.52. The second-order valence-corrected chi connectivity index (χ2v) is 7.10. The van der Waals surface area contributed by atoms with Crippen LogP contribution >= 0.6 is 0 Å². The Balaban J connectivity index is 1.80. The van der Waals surface area contributed by atoms with E-state index in [0.29, 0.717) is 38.5 Å². The molecule has 0 aliphatic carbocycles. The molecule has 1 heterocycles. The van der Waals surface area contributed by atoms with Crippen molar-refractivity contribution in [2.24, 2.45) is 11.7 Å². The van der Waals surface area contributed by atoms with Crippen molar-refractivity contribution >= 4 is 11.8 Å². The first kappa shape index (κ1) is 21.1. The molecule has 0 saturated carbocycles. The molecule has 3 N–H and O–H groups in total. The van der Waals surface area contributed by atoms with Crippen LogP contribution in [0.2, 0.25) is 0 Å². The van der Waals surface area contributed by atoms with E-state index in [0.717, 1.165) is 5.56 Å². The summed E-state index contributed by atoms with van der Waals surface area (Å²) in [5, 5.41) is 2.61. The lowest BCUT2D eigenvalue weighted by Gasteiger charge is -2.35. The van der Waals surface area contributed by atoms with Gasteiger partial charge in [-0.3, -0.25) is 14.5 Å². The highest BCUT2D eigenvalue weighted by molar-refractivity contribution is 5.87. The molecule has 1 saturated heterocycles. The average molecular weight is 380 g/mol. The fraction of sp³-hybridized carbons (Fsp3) is 0.579. The molecular formula is C19H29FN4O3. The Labute approximate surface area is 159 Å². The van der Waals surface area contributed by atoms with Gasteiger partial charge in [0.25, 0.3) is 0 Å². The molecule has 1 atom stereocenters. The monoisotopic (exact) mass is 380 g/mol. The molecule has 1 fully saturated rings. The number of halogens is 1. The number of carbonyl (C=O) groups is 2. The lowest BCUT2D eigenvalue weighted by molar-refractivity contribution is -0.134. The Morgan fingerprint density at radius 3 is 2.52 bits per heavy atom. The summed E-state index contributed by atoms with van der Waals surface area (Å²) in [6.07, 6.45) is 0. The Morgan fingerprint density at radius 2 is 1.93 bits per heavy atom. The van der Waals surface area contributed by atoms with Crippen LogP contribution in [0.4, 0.5) is 4.39 Å². The highest BCUT2D eigenvalue weighted by atomic mass is 19.1. The van der Waals surface area contributed by atoms with Crippen LogP contribution in [0.5, 0.6) is 5.75 Å². The van der Waals surface area contributed by atoms with E-state index in [9.17, 15) is 14.0 Å². The summed E-state index contributed by atoms with van der Waals surface area (Å²) in [7, 11) is 1.56. The van der Waals surface area contributed by atoms with Gasteiger partial charge in [-0.2, -0.15) is 0 Å². The summed E-state index contributed by atoms with van der Waals surface area (Å²) < 4.78 is 18.8. The topological polar surface area (TPSA) is 87.9 Å². The van der Waals surface area contributed by atoms with E-state index >= 15 is 0 Å². The van der Waals surface area contributed by atoms with Gasteiger partial charge in [-0.1, -0.05) is 13.8 Å². The molecular weight excluding hydrogens is 351 g/mol. The highest BCUT2D eigenvalue weighted by Crippen LogP contribution is 2.21. The second-order valence-electron chi connectivity index (χ2n) is 7.10. The van der Waals surface area contributed by atoms with Crippen LogP contribution in [0.1, 0.15) is 19.4 Å². The first-order valence-corrected chi connectivity index (χ1v) is 9.17. The number of nitrogens with one attached hydrogen (secondary N) is 1. The average Bonchev–Trinajstić information content (AvgIpc) is 2.66. The SMILES string of the molecule is COc1ccc(F)cc1CN1CCN(C(=O)CNC(=O)[C@@H](N)C(C)C)CC1. The number of carbonyl (C=O) groups excluding carboxylic acids is 2. The van der Waals surface area contributed by atoms with Crippen LogP contribution < -0.4 is 15.8 Å². The summed E-state index contributed by atoms with van der Waals surface area (Å²) in [6, 6.07) is 3.85. The minimum atomic E-state index is -0.615. The summed E-state index contributed by atoms with van der Waals surface area (Å²) >= 11 is 0. The van der Waals surface area contributed by atoms with Crippen molar-refractivity contribution in [2.45, 2.75) is 26.4 Å². The predicted molar refractivity (Wildman–Crippen MR) is 101 cm³/mol. The summed E-state index contributed by atoms with van der Waals surface area (Å²) in [5.41, 5.74) is 6.55. The molecule has 2 amide bonds. The van der Waals surface area contributed by atoms with Crippen molar-refractivity contribution in [2.75, 3.05) is 39.8 Å². The number of ether oxygens (including phenoxy) is 1. The van der Waals surface area contributed by atoms with E-state index < -0.39 is 6.04 Å². The molecule has 2 rings (SSSR count). The molecule has 0 bridgehead atoms. The minimum Gasteiger partial charge on any atom is -0.496 e. The van der Waals surface area contributed by atoms with Crippen molar-refractivity contribution < 1.29 is 18.7 Å². The third-order valence-corrected chi connectivity index (χ3v) is 4.80. The maximum absolute atomic E-state index is 13.5. The molecule has 1 aliphatic heterocycles. The van der Waals surface area contributed by atoms with Crippen molar-refractivity contribution in [3.05, 3.63) is 29.6 Å². The van der Waals surface area contributed by atoms with Gasteiger partial charge in [0.05, 0.1) is 19.7 Å². The smallest absolute Gasteiger partial charge is 0.242 e. The number of hydrogen-bond donors (Lipinski definition) is 2. The molecule has 8 heteroatoms. The maximum atomic E-state index is 13.5. The molecule has 1 aromatic rings. The van der Waals surface area contributed by atoms with Gasteiger partial charge in [-0.25, -0.2) is 4.39 Å². The van der Waals surface area contributed by atoms with Crippen molar-refractivity contribution in [1.82, 2.24) is 15.1 Å². The normalized spacial score (nSPS) is 16.3. The predicted octanol–water partition coefficient (Wildman–Crippen LogP) is 0.578. The number of hydrogen-bond acceptors (Lipinski definition) is 5. The number of piperazine rings is 1. The summed E-state index contributed by atoms with van der Waals surface area (Å²) in [6.45, 7) is 6.69.